The summed E-state index contributed by atoms with van der Waals surface area (Å²) < 4.78 is 0. The first kappa shape index (κ1) is 17.2. The Kier molecular flexibility index (Phi) is 7.51. The minimum absolute atomic E-state index is 0.0490. The second kappa shape index (κ2) is 9.16. The molecule has 1 aromatic carbocycles. The fourth-order valence-electron chi connectivity index (χ4n) is 1.88. The summed E-state index contributed by atoms with van der Waals surface area (Å²) in [6.07, 6.45) is 4.53. The molecular formula is C17H26N2O2. The van der Waals surface area contributed by atoms with E-state index in [1.807, 2.05) is 13.8 Å². The Morgan fingerprint density at radius 2 is 1.90 bits per heavy atom. The van der Waals surface area contributed by atoms with E-state index in [0.717, 1.165) is 12.8 Å². The van der Waals surface area contributed by atoms with Crippen molar-refractivity contribution in [3.05, 3.63) is 29.8 Å². The van der Waals surface area contributed by atoms with Crippen LogP contribution in [0, 0.1) is 5.92 Å². The van der Waals surface area contributed by atoms with Crippen LogP contribution in [0.5, 0.6) is 0 Å². The standard InChI is InChI=1S/C17H26N2O2/c1-4-5-6-7-11-18-17(21)14-9-8-10-15(12-14)19-16(20)13(2)3/h8-10,12-13H,4-7,11H2,1-3H3,(H,18,21)(H,19,20). The predicted molar refractivity (Wildman–Crippen MR) is 86.4 cm³/mol. The normalized spacial score (nSPS) is 10.5. The smallest absolute Gasteiger partial charge is 0.251 e. The Balaban J connectivity index is 2.51. The van der Waals surface area contributed by atoms with Crippen LogP contribution in [0.3, 0.4) is 0 Å². The summed E-state index contributed by atoms with van der Waals surface area (Å²) >= 11 is 0. The maximum absolute atomic E-state index is 12.0. The molecule has 0 saturated heterocycles. The second-order valence-electron chi connectivity index (χ2n) is 5.54. The lowest BCUT2D eigenvalue weighted by Gasteiger charge is -2.09. The molecule has 0 aliphatic heterocycles. The van der Waals surface area contributed by atoms with Crippen LogP contribution in [0.4, 0.5) is 5.69 Å². The lowest BCUT2D eigenvalue weighted by Crippen LogP contribution is -2.24. The van der Waals surface area contributed by atoms with Crippen LogP contribution in [0.2, 0.25) is 0 Å². The predicted octanol–water partition coefficient (Wildman–Crippen LogP) is 3.59. The van der Waals surface area contributed by atoms with Crippen LogP contribution in [0.15, 0.2) is 24.3 Å². The zero-order valence-corrected chi connectivity index (χ0v) is 13.2. The summed E-state index contributed by atoms with van der Waals surface area (Å²) in [4.78, 5) is 23.7. The maximum Gasteiger partial charge on any atom is 0.251 e. The number of amides is 2. The van der Waals surface area contributed by atoms with E-state index in [2.05, 4.69) is 17.6 Å². The summed E-state index contributed by atoms with van der Waals surface area (Å²) in [5.74, 6) is -0.222. The van der Waals surface area contributed by atoms with Gasteiger partial charge in [0.05, 0.1) is 0 Å². The van der Waals surface area contributed by atoms with Gasteiger partial charge in [-0.3, -0.25) is 9.59 Å². The molecular weight excluding hydrogens is 264 g/mol. The SMILES string of the molecule is CCCCCCNC(=O)c1cccc(NC(=O)C(C)C)c1. The van der Waals surface area contributed by atoms with Gasteiger partial charge in [0.25, 0.3) is 5.91 Å². The average molecular weight is 290 g/mol. The molecule has 0 saturated carbocycles. The van der Waals surface area contributed by atoms with Crippen molar-refractivity contribution in [2.24, 2.45) is 5.92 Å². The lowest BCUT2D eigenvalue weighted by atomic mass is 10.1. The molecule has 2 amide bonds. The molecule has 0 radical (unpaired) electrons. The molecule has 0 heterocycles. The molecule has 0 bridgehead atoms. The third-order valence-electron chi connectivity index (χ3n) is 3.23. The number of carbonyl (C=O) groups excluding carboxylic acids is 2. The van der Waals surface area contributed by atoms with Crippen molar-refractivity contribution in [1.82, 2.24) is 5.32 Å². The molecule has 0 atom stereocenters. The van der Waals surface area contributed by atoms with Crippen molar-refractivity contribution in [3.8, 4) is 0 Å². The van der Waals surface area contributed by atoms with E-state index in [-0.39, 0.29) is 17.7 Å². The molecule has 0 unspecified atom stereocenters. The lowest BCUT2D eigenvalue weighted by molar-refractivity contribution is -0.118. The first-order valence-electron chi connectivity index (χ1n) is 7.73. The van der Waals surface area contributed by atoms with Crippen LogP contribution in [-0.2, 0) is 4.79 Å². The van der Waals surface area contributed by atoms with E-state index in [0.29, 0.717) is 17.8 Å². The van der Waals surface area contributed by atoms with Crippen LogP contribution in [-0.4, -0.2) is 18.4 Å². The molecule has 4 heteroatoms. The quantitative estimate of drug-likeness (QED) is 0.719. The van der Waals surface area contributed by atoms with Crippen molar-refractivity contribution in [2.45, 2.75) is 46.5 Å². The first-order chi connectivity index (χ1) is 10.0. The van der Waals surface area contributed by atoms with Crippen molar-refractivity contribution >= 4 is 17.5 Å². The van der Waals surface area contributed by atoms with E-state index in [4.69, 9.17) is 0 Å². The molecule has 21 heavy (non-hydrogen) atoms. The number of hydrogen-bond acceptors (Lipinski definition) is 2. The molecule has 116 valence electrons. The summed E-state index contributed by atoms with van der Waals surface area (Å²) in [5, 5.41) is 5.71. The number of rotatable bonds is 8. The molecule has 2 N–H and O–H groups in total. The molecule has 4 nitrogen and oxygen atoms in total. The minimum atomic E-state index is -0.0906. The Morgan fingerprint density at radius 1 is 1.14 bits per heavy atom. The van der Waals surface area contributed by atoms with Gasteiger partial charge in [-0.1, -0.05) is 46.1 Å². The van der Waals surface area contributed by atoms with Gasteiger partial charge in [-0.2, -0.15) is 0 Å². The highest BCUT2D eigenvalue weighted by Crippen LogP contribution is 2.12. The zero-order chi connectivity index (χ0) is 15.7. The molecule has 0 spiro atoms. The van der Waals surface area contributed by atoms with Gasteiger partial charge in [-0.25, -0.2) is 0 Å². The van der Waals surface area contributed by atoms with Gasteiger partial charge in [0.15, 0.2) is 0 Å². The third-order valence-corrected chi connectivity index (χ3v) is 3.23. The summed E-state index contributed by atoms with van der Waals surface area (Å²) in [5.41, 5.74) is 1.24. The summed E-state index contributed by atoms with van der Waals surface area (Å²) in [6.45, 7) is 6.53. The van der Waals surface area contributed by atoms with Crippen molar-refractivity contribution in [3.63, 3.8) is 0 Å². The van der Waals surface area contributed by atoms with Crippen molar-refractivity contribution in [2.75, 3.05) is 11.9 Å². The largest absolute Gasteiger partial charge is 0.352 e. The number of benzene rings is 1. The van der Waals surface area contributed by atoms with Gasteiger partial charge >= 0.3 is 0 Å². The second-order valence-corrected chi connectivity index (χ2v) is 5.54. The van der Waals surface area contributed by atoms with Crippen LogP contribution < -0.4 is 10.6 Å². The summed E-state index contributed by atoms with van der Waals surface area (Å²) in [6, 6.07) is 7.04. The van der Waals surface area contributed by atoms with E-state index < -0.39 is 0 Å². The zero-order valence-electron chi connectivity index (χ0n) is 13.2. The monoisotopic (exact) mass is 290 g/mol. The summed E-state index contributed by atoms with van der Waals surface area (Å²) in [7, 11) is 0. The Hall–Kier alpha value is -1.84. The fraction of sp³-hybridized carbons (Fsp3) is 0.529. The number of nitrogens with one attached hydrogen (secondary N) is 2. The Morgan fingerprint density at radius 3 is 2.57 bits per heavy atom. The van der Waals surface area contributed by atoms with Crippen LogP contribution in [0.1, 0.15) is 56.8 Å². The molecule has 0 aliphatic rings. The number of unbranched alkanes of at least 4 members (excludes halogenated alkanes) is 3. The highest BCUT2D eigenvalue weighted by atomic mass is 16.2. The van der Waals surface area contributed by atoms with E-state index in [1.165, 1.54) is 12.8 Å². The minimum Gasteiger partial charge on any atom is -0.352 e. The van der Waals surface area contributed by atoms with Crippen molar-refractivity contribution < 1.29 is 9.59 Å². The van der Waals surface area contributed by atoms with Gasteiger partial charge in [-0.05, 0) is 24.6 Å². The molecule has 0 aromatic heterocycles. The fourth-order valence-corrected chi connectivity index (χ4v) is 1.88. The van der Waals surface area contributed by atoms with E-state index in [1.54, 1.807) is 24.3 Å². The Bertz CT molecular complexity index is 470. The van der Waals surface area contributed by atoms with Crippen LogP contribution >= 0.6 is 0 Å². The van der Waals surface area contributed by atoms with Gasteiger partial charge in [-0.15, -0.1) is 0 Å². The van der Waals surface area contributed by atoms with Crippen molar-refractivity contribution in [1.29, 1.82) is 0 Å². The van der Waals surface area contributed by atoms with E-state index >= 15 is 0 Å². The van der Waals surface area contributed by atoms with Gasteiger partial charge in [0.2, 0.25) is 5.91 Å². The molecule has 1 rings (SSSR count). The molecule has 0 aliphatic carbocycles. The van der Waals surface area contributed by atoms with Gasteiger partial charge < -0.3 is 10.6 Å². The van der Waals surface area contributed by atoms with Gasteiger partial charge in [0.1, 0.15) is 0 Å². The topological polar surface area (TPSA) is 58.2 Å². The van der Waals surface area contributed by atoms with Crippen LogP contribution in [0.25, 0.3) is 0 Å². The first-order valence-corrected chi connectivity index (χ1v) is 7.73. The molecule has 0 fully saturated rings. The average Bonchev–Trinajstić information content (AvgIpc) is 2.47. The highest BCUT2D eigenvalue weighted by Gasteiger charge is 2.09. The maximum atomic E-state index is 12.0. The number of hydrogen-bond donors (Lipinski definition) is 2. The van der Waals surface area contributed by atoms with Gasteiger partial charge in [0, 0.05) is 23.7 Å². The Labute approximate surface area is 127 Å². The van der Waals surface area contributed by atoms with E-state index in [9.17, 15) is 9.59 Å². The molecule has 1 aromatic rings. The number of carbonyl (C=O) groups is 2. The third kappa shape index (κ3) is 6.43. The number of anilines is 1. The highest BCUT2D eigenvalue weighted by molar-refractivity contribution is 5.97.